The molecule has 0 N–H and O–H groups in total. The first-order valence-corrected chi connectivity index (χ1v) is 15.8. The van der Waals surface area contributed by atoms with Crippen LogP contribution in [0.5, 0.6) is 5.75 Å². The van der Waals surface area contributed by atoms with Crippen molar-refractivity contribution in [2.75, 3.05) is 27.9 Å². The summed E-state index contributed by atoms with van der Waals surface area (Å²) in [6.07, 6.45) is 3.12. The molecule has 2 bridgehead atoms. The summed E-state index contributed by atoms with van der Waals surface area (Å²) in [5.41, 5.74) is 1.54. The quantitative estimate of drug-likeness (QED) is 0.211. The van der Waals surface area contributed by atoms with Gasteiger partial charge in [0, 0.05) is 24.0 Å². The minimum atomic E-state index is -1.40. The Balaban J connectivity index is 1.39. The molecule has 3 aromatic carbocycles. The van der Waals surface area contributed by atoms with Crippen molar-refractivity contribution >= 4 is 11.9 Å². The zero-order valence-electron chi connectivity index (χ0n) is 26.4. The Kier molecular flexibility index (Phi) is 9.26. The monoisotopic (exact) mass is 613 g/mol. The van der Waals surface area contributed by atoms with Crippen LogP contribution in [0.2, 0.25) is 0 Å². The molecule has 1 spiro atoms. The Morgan fingerprint density at radius 1 is 0.778 bits per heavy atom. The van der Waals surface area contributed by atoms with E-state index in [0.717, 1.165) is 41.7 Å². The Labute approximate surface area is 265 Å². The molecule has 8 nitrogen and oxygen atoms in total. The van der Waals surface area contributed by atoms with E-state index in [0.29, 0.717) is 26.1 Å². The van der Waals surface area contributed by atoms with Gasteiger partial charge in [0.15, 0.2) is 5.41 Å². The standard InChI is InChI=1S/C37H43NO7/c1-41-29-16-14-26(15-17-29)20-31-33(45-23-28-12-8-5-9-13-28)30-21-36(19-18-32(30)44-22-27-10-6-4-7-11-27)24-37(25-38(31)36,34(39)42-2)35(40)43-3/h4-17,30-33H,18-25H2,1-3H3/t30?,31?,32?,33?,36-/m0/s1. The number of benzene rings is 3. The van der Waals surface area contributed by atoms with E-state index in [1.807, 2.05) is 48.5 Å². The molecule has 2 aliphatic heterocycles. The number of carbonyl (C=O) groups excluding carboxylic acids is 2. The lowest BCUT2D eigenvalue weighted by Crippen LogP contribution is -2.67. The second-order valence-corrected chi connectivity index (χ2v) is 12.7. The Bertz CT molecular complexity index is 1430. The number of nitrogens with zero attached hydrogens (tertiary/aromatic N) is 1. The highest BCUT2D eigenvalue weighted by Crippen LogP contribution is 2.57. The van der Waals surface area contributed by atoms with Gasteiger partial charge in [-0.3, -0.25) is 14.5 Å². The minimum Gasteiger partial charge on any atom is -0.497 e. The number of hydrogen-bond donors (Lipinski definition) is 0. The molecule has 0 aromatic heterocycles. The van der Waals surface area contributed by atoms with Crippen LogP contribution in [0.25, 0.3) is 0 Å². The first kappa shape index (κ1) is 31.3. The summed E-state index contributed by atoms with van der Waals surface area (Å²) >= 11 is 0. The fraction of sp³-hybridized carbons (Fsp3) is 0.459. The maximum atomic E-state index is 13.5. The summed E-state index contributed by atoms with van der Waals surface area (Å²) in [7, 11) is 4.35. The average molecular weight is 614 g/mol. The number of hydrogen-bond acceptors (Lipinski definition) is 8. The lowest BCUT2D eigenvalue weighted by atomic mass is 9.63. The van der Waals surface area contributed by atoms with Crippen molar-refractivity contribution < 1.29 is 33.3 Å². The maximum Gasteiger partial charge on any atom is 0.324 e. The molecule has 2 saturated heterocycles. The van der Waals surface area contributed by atoms with Crippen LogP contribution < -0.4 is 4.74 Å². The average Bonchev–Trinajstić information content (AvgIpc) is 3.43. The van der Waals surface area contributed by atoms with Gasteiger partial charge in [0.25, 0.3) is 0 Å². The van der Waals surface area contributed by atoms with E-state index in [1.165, 1.54) is 14.2 Å². The van der Waals surface area contributed by atoms with Crippen molar-refractivity contribution in [1.82, 2.24) is 4.90 Å². The largest absolute Gasteiger partial charge is 0.497 e. The zero-order valence-corrected chi connectivity index (χ0v) is 26.4. The van der Waals surface area contributed by atoms with Crippen LogP contribution in [0.4, 0.5) is 0 Å². The number of carbonyl (C=O) groups is 2. The van der Waals surface area contributed by atoms with Crippen molar-refractivity contribution in [3.8, 4) is 5.75 Å². The van der Waals surface area contributed by atoms with Gasteiger partial charge in [-0.25, -0.2) is 0 Å². The van der Waals surface area contributed by atoms with Gasteiger partial charge in [-0.15, -0.1) is 0 Å². The third-order valence-corrected chi connectivity index (χ3v) is 10.2. The normalized spacial score (nSPS) is 26.9. The van der Waals surface area contributed by atoms with E-state index in [2.05, 4.69) is 41.3 Å². The third kappa shape index (κ3) is 6.11. The van der Waals surface area contributed by atoms with Crippen LogP contribution >= 0.6 is 0 Å². The van der Waals surface area contributed by atoms with E-state index >= 15 is 0 Å². The molecule has 3 aromatic rings. The van der Waals surface area contributed by atoms with Crippen molar-refractivity contribution in [2.24, 2.45) is 11.3 Å². The maximum absolute atomic E-state index is 13.5. The van der Waals surface area contributed by atoms with E-state index < -0.39 is 22.9 Å². The van der Waals surface area contributed by atoms with Crippen molar-refractivity contribution in [2.45, 2.75) is 69.1 Å². The predicted molar refractivity (Wildman–Crippen MR) is 168 cm³/mol. The Morgan fingerprint density at radius 3 is 1.96 bits per heavy atom. The van der Waals surface area contributed by atoms with E-state index in [9.17, 15) is 9.59 Å². The molecule has 1 saturated carbocycles. The van der Waals surface area contributed by atoms with Gasteiger partial charge >= 0.3 is 11.9 Å². The molecule has 2 heterocycles. The lowest BCUT2D eigenvalue weighted by Gasteiger charge is -2.58. The number of fused-ring (bicyclic) bond motifs is 1. The summed E-state index contributed by atoms with van der Waals surface area (Å²) < 4.78 is 29.6. The number of methoxy groups -OCH3 is 3. The van der Waals surface area contributed by atoms with Crippen LogP contribution in [0.1, 0.15) is 42.4 Å². The molecule has 1 aliphatic carbocycles. The summed E-state index contributed by atoms with van der Waals surface area (Å²) in [4.78, 5) is 29.3. The number of esters is 2. The SMILES string of the molecule is COC(=O)C1(C(=O)OC)CN2C(Cc3ccc(OC)cc3)C(OCc3ccccc3)C3C[C@@]2(CCC3OCc2ccccc2)C1. The lowest BCUT2D eigenvalue weighted by molar-refractivity contribution is -0.184. The molecule has 0 amide bonds. The van der Waals surface area contributed by atoms with Crippen LogP contribution in [0, 0.1) is 11.3 Å². The van der Waals surface area contributed by atoms with Gasteiger partial charge in [0.2, 0.25) is 0 Å². The predicted octanol–water partition coefficient (Wildman–Crippen LogP) is 5.37. The van der Waals surface area contributed by atoms with E-state index in [-0.39, 0.29) is 30.7 Å². The molecule has 3 aliphatic rings. The van der Waals surface area contributed by atoms with Crippen LogP contribution in [0.3, 0.4) is 0 Å². The summed E-state index contributed by atoms with van der Waals surface area (Å²) in [6.45, 7) is 1.19. The highest BCUT2D eigenvalue weighted by atomic mass is 16.5. The molecular formula is C37H43NO7. The Hall–Kier alpha value is -3.72. The summed E-state index contributed by atoms with van der Waals surface area (Å²) in [6, 6.07) is 28.4. The molecule has 5 atom stereocenters. The molecule has 4 unspecified atom stereocenters. The molecule has 45 heavy (non-hydrogen) atoms. The van der Waals surface area contributed by atoms with Gasteiger partial charge in [-0.2, -0.15) is 0 Å². The number of ether oxygens (including phenoxy) is 5. The van der Waals surface area contributed by atoms with Crippen LogP contribution in [-0.4, -0.2) is 68.5 Å². The fourth-order valence-electron chi connectivity index (χ4n) is 8.12. The topological polar surface area (TPSA) is 83.5 Å². The molecule has 238 valence electrons. The van der Waals surface area contributed by atoms with Crippen LogP contribution in [0.15, 0.2) is 84.9 Å². The molecule has 0 radical (unpaired) electrons. The van der Waals surface area contributed by atoms with Gasteiger partial charge in [-0.05, 0) is 60.9 Å². The number of rotatable bonds is 11. The summed E-state index contributed by atoms with van der Waals surface area (Å²) in [5, 5.41) is 0. The fourth-order valence-corrected chi connectivity index (χ4v) is 8.12. The first-order chi connectivity index (χ1) is 21.9. The molecule has 6 rings (SSSR count). The van der Waals surface area contributed by atoms with Crippen molar-refractivity contribution in [3.63, 3.8) is 0 Å². The highest BCUT2D eigenvalue weighted by Gasteiger charge is 2.68. The van der Waals surface area contributed by atoms with E-state index in [1.54, 1.807) is 7.11 Å². The van der Waals surface area contributed by atoms with Crippen LogP contribution in [-0.2, 0) is 48.2 Å². The molecular weight excluding hydrogens is 570 g/mol. The number of piperidine rings is 1. The van der Waals surface area contributed by atoms with Gasteiger partial charge in [0.1, 0.15) is 5.75 Å². The third-order valence-electron chi connectivity index (χ3n) is 10.2. The zero-order chi connectivity index (χ0) is 31.4. The molecule has 8 heteroatoms. The van der Waals surface area contributed by atoms with Gasteiger partial charge in [0.05, 0.1) is 46.8 Å². The van der Waals surface area contributed by atoms with Crippen molar-refractivity contribution in [1.29, 1.82) is 0 Å². The highest BCUT2D eigenvalue weighted by molar-refractivity contribution is 6.01. The van der Waals surface area contributed by atoms with Gasteiger partial charge < -0.3 is 23.7 Å². The first-order valence-electron chi connectivity index (χ1n) is 15.8. The van der Waals surface area contributed by atoms with E-state index in [4.69, 9.17) is 23.7 Å². The Morgan fingerprint density at radius 2 is 1.38 bits per heavy atom. The smallest absolute Gasteiger partial charge is 0.324 e. The second kappa shape index (κ2) is 13.3. The van der Waals surface area contributed by atoms with Crippen molar-refractivity contribution in [3.05, 3.63) is 102 Å². The minimum absolute atomic E-state index is 0.0385. The molecule has 3 fully saturated rings. The van der Waals surface area contributed by atoms with Gasteiger partial charge in [-0.1, -0.05) is 72.8 Å². The second-order valence-electron chi connectivity index (χ2n) is 12.7. The summed E-state index contributed by atoms with van der Waals surface area (Å²) in [5.74, 6) is -0.237.